The fraction of sp³-hybridized carbons (Fsp3) is 0.588. The fourth-order valence-electron chi connectivity index (χ4n) is 3.65. The summed E-state index contributed by atoms with van der Waals surface area (Å²) in [4.78, 5) is 12.7. The number of hydrogen-bond donors (Lipinski definition) is 1. The molecule has 0 bridgehead atoms. The van der Waals surface area contributed by atoms with Crippen molar-refractivity contribution >= 4 is 5.78 Å². The molecule has 1 fully saturated rings. The van der Waals surface area contributed by atoms with Crippen LogP contribution in [-0.4, -0.2) is 25.5 Å². The third kappa shape index (κ3) is 2.35. The molecular formula is C17H23NO2. The molecule has 1 aliphatic heterocycles. The number of Topliss-reactive ketones (excluding diaryl/α,β-unsaturated/α-hetero) is 1. The molecule has 3 heteroatoms. The van der Waals surface area contributed by atoms with E-state index in [9.17, 15) is 4.79 Å². The lowest BCUT2D eigenvalue weighted by Crippen LogP contribution is -2.45. The minimum absolute atomic E-state index is 0.117. The summed E-state index contributed by atoms with van der Waals surface area (Å²) in [5.74, 6) is 1.97. The Labute approximate surface area is 120 Å². The van der Waals surface area contributed by atoms with E-state index in [2.05, 4.69) is 12.2 Å². The van der Waals surface area contributed by atoms with E-state index < -0.39 is 0 Å². The van der Waals surface area contributed by atoms with Gasteiger partial charge in [0, 0.05) is 17.5 Å². The second-order valence-electron chi connectivity index (χ2n) is 6.06. The van der Waals surface area contributed by atoms with Crippen LogP contribution in [0.25, 0.3) is 0 Å². The lowest BCUT2D eigenvalue weighted by molar-refractivity contribution is 0.0884. The Kier molecular flexibility index (Phi) is 3.79. The summed E-state index contributed by atoms with van der Waals surface area (Å²) in [5.41, 5.74) is 2.05. The molecule has 2 aliphatic rings. The van der Waals surface area contributed by atoms with Crippen molar-refractivity contribution in [2.45, 2.75) is 38.6 Å². The highest BCUT2D eigenvalue weighted by atomic mass is 16.5. The molecule has 1 aromatic carbocycles. The van der Waals surface area contributed by atoms with Gasteiger partial charge in [0.05, 0.1) is 7.11 Å². The van der Waals surface area contributed by atoms with Crippen molar-refractivity contribution in [3.8, 4) is 5.75 Å². The lowest BCUT2D eigenvalue weighted by atomic mass is 9.82. The summed E-state index contributed by atoms with van der Waals surface area (Å²) in [7, 11) is 1.65. The highest BCUT2D eigenvalue weighted by molar-refractivity contribution is 6.03. The Morgan fingerprint density at radius 3 is 3.00 bits per heavy atom. The van der Waals surface area contributed by atoms with Gasteiger partial charge in [0.2, 0.25) is 0 Å². The summed E-state index contributed by atoms with van der Waals surface area (Å²) in [5, 5.41) is 3.57. The molecule has 20 heavy (non-hydrogen) atoms. The zero-order valence-electron chi connectivity index (χ0n) is 12.3. The molecule has 1 heterocycles. The average molecular weight is 273 g/mol. The van der Waals surface area contributed by atoms with Gasteiger partial charge in [-0.2, -0.15) is 0 Å². The predicted molar refractivity (Wildman–Crippen MR) is 79.3 cm³/mol. The molecule has 1 N–H and O–H groups in total. The van der Waals surface area contributed by atoms with Gasteiger partial charge in [-0.1, -0.05) is 19.4 Å². The van der Waals surface area contributed by atoms with Crippen molar-refractivity contribution in [2.24, 2.45) is 11.8 Å². The summed E-state index contributed by atoms with van der Waals surface area (Å²) in [6.07, 6.45) is 4.48. The Morgan fingerprint density at radius 1 is 1.40 bits per heavy atom. The number of carbonyl (C=O) groups excluding carboxylic acids is 1. The van der Waals surface area contributed by atoms with Crippen LogP contribution in [0.5, 0.6) is 5.75 Å². The van der Waals surface area contributed by atoms with Crippen LogP contribution in [0.15, 0.2) is 18.2 Å². The SMILES string of the molecule is CCC1CCNC(C2Cc3ccc(OC)cc3C2=O)C1. The second kappa shape index (κ2) is 5.57. The Hall–Kier alpha value is -1.35. The van der Waals surface area contributed by atoms with Crippen molar-refractivity contribution in [1.82, 2.24) is 5.32 Å². The molecule has 0 aromatic heterocycles. The number of ether oxygens (including phenoxy) is 1. The van der Waals surface area contributed by atoms with Crippen LogP contribution in [0.1, 0.15) is 42.1 Å². The highest BCUT2D eigenvalue weighted by Gasteiger charge is 2.38. The zero-order valence-corrected chi connectivity index (χ0v) is 12.3. The number of ketones is 1. The topological polar surface area (TPSA) is 38.3 Å². The summed E-state index contributed by atoms with van der Waals surface area (Å²) >= 11 is 0. The lowest BCUT2D eigenvalue weighted by Gasteiger charge is -2.33. The highest BCUT2D eigenvalue weighted by Crippen LogP contribution is 2.35. The molecule has 0 spiro atoms. The third-order valence-electron chi connectivity index (χ3n) is 4.97. The van der Waals surface area contributed by atoms with Crippen LogP contribution in [-0.2, 0) is 6.42 Å². The van der Waals surface area contributed by atoms with E-state index in [4.69, 9.17) is 4.74 Å². The van der Waals surface area contributed by atoms with Crippen molar-refractivity contribution in [3.63, 3.8) is 0 Å². The normalized spacial score (nSPS) is 29.3. The fourth-order valence-corrected chi connectivity index (χ4v) is 3.65. The van der Waals surface area contributed by atoms with E-state index in [1.54, 1.807) is 7.11 Å². The number of hydrogen-bond acceptors (Lipinski definition) is 3. The van der Waals surface area contributed by atoms with Crippen molar-refractivity contribution in [3.05, 3.63) is 29.3 Å². The molecule has 1 aliphatic carbocycles. The van der Waals surface area contributed by atoms with Gasteiger partial charge in [0.1, 0.15) is 5.75 Å². The van der Waals surface area contributed by atoms with E-state index in [0.717, 1.165) is 36.6 Å². The largest absolute Gasteiger partial charge is 0.497 e. The first kappa shape index (κ1) is 13.6. The Balaban J connectivity index is 1.79. The number of nitrogens with one attached hydrogen (secondary N) is 1. The number of carbonyl (C=O) groups is 1. The molecule has 3 atom stereocenters. The first-order valence-electron chi connectivity index (χ1n) is 7.67. The smallest absolute Gasteiger partial charge is 0.168 e. The number of fused-ring (bicyclic) bond motifs is 1. The predicted octanol–water partition coefficient (Wildman–Crippen LogP) is 2.83. The van der Waals surface area contributed by atoms with E-state index >= 15 is 0 Å². The molecule has 3 unspecified atom stereocenters. The second-order valence-corrected chi connectivity index (χ2v) is 6.06. The van der Waals surface area contributed by atoms with Gasteiger partial charge >= 0.3 is 0 Å². The first-order chi connectivity index (χ1) is 9.72. The number of piperidine rings is 1. The van der Waals surface area contributed by atoms with E-state index in [1.165, 1.54) is 18.4 Å². The van der Waals surface area contributed by atoms with Gasteiger partial charge in [-0.25, -0.2) is 0 Å². The Morgan fingerprint density at radius 2 is 2.25 bits per heavy atom. The molecule has 3 nitrogen and oxygen atoms in total. The number of benzene rings is 1. The standard InChI is InChI=1S/C17H23NO2/c1-3-11-6-7-18-16(8-11)15-9-12-4-5-13(20-2)10-14(12)17(15)19/h4-5,10-11,15-16,18H,3,6-9H2,1-2H3. The van der Waals surface area contributed by atoms with Crippen molar-refractivity contribution in [2.75, 3.05) is 13.7 Å². The molecule has 3 rings (SSSR count). The number of rotatable bonds is 3. The number of methoxy groups -OCH3 is 1. The molecule has 0 amide bonds. The van der Waals surface area contributed by atoms with Gasteiger partial charge in [-0.05, 0) is 49.4 Å². The summed E-state index contributed by atoms with van der Waals surface area (Å²) < 4.78 is 5.24. The quantitative estimate of drug-likeness (QED) is 0.920. The Bertz CT molecular complexity index is 512. The summed E-state index contributed by atoms with van der Waals surface area (Å²) in [6, 6.07) is 6.25. The summed E-state index contributed by atoms with van der Waals surface area (Å²) in [6.45, 7) is 3.30. The molecule has 0 saturated carbocycles. The maximum absolute atomic E-state index is 12.7. The molecule has 1 saturated heterocycles. The molecule has 0 radical (unpaired) electrons. The molecule has 108 valence electrons. The monoisotopic (exact) mass is 273 g/mol. The van der Waals surface area contributed by atoms with E-state index in [0.29, 0.717) is 11.8 Å². The average Bonchev–Trinajstić information content (AvgIpc) is 2.84. The maximum atomic E-state index is 12.7. The molecule has 1 aromatic rings. The van der Waals surface area contributed by atoms with Crippen LogP contribution in [0.2, 0.25) is 0 Å². The first-order valence-corrected chi connectivity index (χ1v) is 7.67. The maximum Gasteiger partial charge on any atom is 0.168 e. The van der Waals surface area contributed by atoms with Crippen LogP contribution in [0.3, 0.4) is 0 Å². The van der Waals surface area contributed by atoms with Gasteiger partial charge < -0.3 is 10.1 Å². The minimum Gasteiger partial charge on any atom is -0.497 e. The van der Waals surface area contributed by atoms with Gasteiger partial charge in [-0.3, -0.25) is 4.79 Å². The zero-order chi connectivity index (χ0) is 14.1. The third-order valence-corrected chi connectivity index (χ3v) is 4.97. The van der Waals surface area contributed by atoms with Crippen molar-refractivity contribution in [1.29, 1.82) is 0 Å². The van der Waals surface area contributed by atoms with Gasteiger partial charge in [0.25, 0.3) is 0 Å². The van der Waals surface area contributed by atoms with Gasteiger partial charge in [-0.15, -0.1) is 0 Å². The van der Waals surface area contributed by atoms with Gasteiger partial charge in [0.15, 0.2) is 5.78 Å². The van der Waals surface area contributed by atoms with Crippen LogP contribution < -0.4 is 10.1 Å². The van der Waals surface area contributed by atoms with Crippen molar-refractivity contribution < 1.29 is 9.53 Å². The molecular weight excluding hydrogens is 250 g/mol. The van der Waals surface area contributed by atoms with E-state index in [1.807, 2.05) is 18.2 Å². The van der Waals surface area contributed by atoms with Crippen LogP contribution in [0, 0.1) is 11.8 Å². The van der Waals surface area contributed by atoms with Crippen LogP contribution >= 0.6 is 0 Å². The van der Waals surface area contributed by atoms with Crippen LogP contribution in [0.4, 0.5) is 0 Å². The van der Waals surface area contributed by atoms with E-state index in [-0.39, 0.29) is 5.92 Å². The minimum atomic E-state index is 0.117.